The van der Waals surface area contributed by atoms with Crippen molar-refractivity contribution in [2.24, 2.45) is 0 Å². The number of piperidine rings is 1. The van der Waals surface area contributed by atoms with Gasteiger partial charge in [0.1, 0.15) is 29.3 Å². The summed E-state index contributed by atoms with van der Waals surface area (Å²) in [5, 5.41) is 21.3. The Morgan fingerprint density at radius 2 is 2.03 bits per heavy atom. The summed E-state index contributed by atoms with van der Waals surface area (Å²) < 4.78 is 58.7. The summed E-state index contributed by atoms with van der Waals surface area (Å²) in [6, 6.07) is 1.76. The van der Waals surface area contributed by atoms with E-state index in [1.165, 1.54) is 12.3 Å². The second-order valence-electron chi connectivity index (χ2n) is 8.39. The quantitative estimate of drug-likeness (QED) is 0.569. The van der Waals surface area contributed by atoms with Gasteiger partial charge in [-0.25, -0.2) is 9.37 Å². The van der Waals surface area contributed by atoms with E-state index in [0.717, 1.165) is 18.9 Å². The van der Waals surface area contributed by atoms with Gasteiger partial charge in [0.15, 0.2) is 11.6 Å². The molecule has 8 nitrogen and oxygen atoms in total. The van der Waals surface area contributed by atoms with Gasteiger partial charge in [0, 0.05) is 19.1 Å². The van der Waals surface area contributed by atoms with E-state index in [1.807, 2.05) is 0 Å². The smallest absolute Gasteiger partial charge is 0.423 e. The number of aromatic nitrogens is 3. The van der Waals surface area contributed by atoms with E-state index < -0.39 is 34.5 Å². The van der Waals surface area contributed by atoms with Gasteiger partial charge in [0.25, 0.3) is 0 Å². The number of phenolic OH excluding ortho intramolecular Hbond substituents is 1. The lowest BCUT2D eigenvalue weighted by Gasteiger charge is -2.38. The molecule has 2 aliphatic heterocycles. The van der Waals surface area contributed by atoms with Crippen LogP contribution in [-0.4, -0.2) is 51.6 Å². The third-order valence-corrected chi connectivity index (χ3v) is 6.40. The molecule has 12 heteroatoms. The van der Waals surface area contributed by atoms with Crippen molar-refractivity contribution in [3.05, 3.63) is 40.4 Å². The minimum Gasteiger partial charge on any atom is -0.507 e. The van der Waals surface area contributed by atoms with E-state index in [-0.39, 0.29) is 35.1 Å². The molecular weight excluding hydrogens is 446 g/mol. The molecular formula is C21H19F4N5O3. The number of hydrogen-bond acceptors (Lipinski definition) is 8. The normalized spacial score (nSPS) is 24.9. The number of halogens is 4. The minimum atomic E-state index is -4.88. The number of rotatable bonds is 3. The first-order valence-corrected chi connectivity index (χ1v) is 10.3. The lowest BCUT2D eigenvalue weighted by Crippen LogP contribution is -2.55. The molecule has 0 aliphatic carbocycles. The second-order valence-corrected chi connectivity index (χ2v) is 8.39. The molecule has 2 saturated heterocycles. The number of phenols is 1. The van der Waals surface area contributed by atoms with Crippen LogP contribution < -0.4 is 15.6 Å². The second kappa shape index (κ2) is 7.65. The van der Waals surface area contributed by atoms with Crippen LogP contribution in [0.5, 0.6) is 5.75 Å². The van der Waals surface area contributed by atoms with E-state index >= 15 is 0 Å². The van der Waals surface area contributed by atoms with Crippen LogP contribution in [0.1, 0.15) is 24.8 Å². The Labute approximate surface area is 184 Å². The van der Waals surface area contributed by atoms with Crippen LogP contribution in [0.4, 0.5) is 23.4 Å². The van der Waals surface area contributed by atoms with E-state index in [9.17, 15) is 27.5 Å². The Bertz CT molecular complexity index is 1260. The predicted molar refractivity (Wildman–Crippen MR) is 110 cm³/mol. The highest BCUT2D eigenvalue weighted by atomic mass is 19.4. The monoisotopic (exact) mass is 465 g/mol. The Balaban J connectivity index is 1.45. The number of anilines is 1. The molecule has 2 fully saturated rings. The molecule has 0 saturated carbocycles. The van der Waals surface area contributed by atoms with Gasteiger partial charge in [-0.05, 0) is 31.4 Å². The fraction of sp³-hybridized carbons (Fsp3) is 0.429. The lowest BCUT2D eigenvalue weighted by atomic mass is 9.96. The highest BCUT2D eigenvalue weighted by molar-refractivity contribution is 5.85. The van der Waals surface area contributed by atoms with Crippen LogP contribution >= 0.6 is 0 Å². The highest BCUT2D eigenvalue weighted by Crippen LogP contribution is 2.35. The molecule has 0 spiro atoms. The summed E-state index contributed by atoms with van der Waals surface area (Å²) >= 11 is 0. The largest absolute Gasteiger partial charge is 0.507 e. The third-order valence-electron chi connectivity index (χ3n) is 6.40. The maximum absolute atomic E-state index is 14.8. The van der Waals surface area contributed by atoms with Gasteiger partial charge in [-0.15, -0.1) is 10.2 Å². The van der Waals surface area contributed by atoms with Crippen LogP contribution in [0, 0.1) is 0 Å². The number of alkyl halides is 4. The number of nitrogens with one attached hydrogen (secondary N) is 1. The molecule has 4 heterocycles. The summed E-state index contributed by atoms with van der Waals surface area (Å²) in [4.78, 5) is 18.0. The van der Waals surface area contributed by atoms with Crippen LogP contribution in [0.25, 0.3) is 22.4 Å². The van der Waals surface area contributed by atoms with E-state index in [2.05, 4.69) is 20.5 Å². The Kier molecular flexibility index (Phi) is 5.00. The van der Waals surface area contributed by atoms with Crippen molar-refractivity contribution in [2.45, 2.75) is 49.7 Å². The molecule has 2 aliphatic rings. The molecule has 4 atom stereocenters. The molecule has 0 unspecified atom stereocenters. The van der Waals surface area contributed by atoms with Crippen LogP contribution in [0.3, 0.4) is 0 Å². The molecule has 174 valence electrons. The lowest BCUT2D eigenvalue weighted by molar-refractivity contribution is -0.139. The van der Waals surface area contributed by atoms with Gasteiger partial charge in [-0.3, -0.25) is 4.79 Å². The van der Waals surface area contributed by atoms with Crippen molar-refractivity contribution >= 4 is 16.8 Å². The SMILES string of the molecule is CN(c1cnc(-c2cc3occ(C(F)(F)F)c(=O)c3cc2O)nn1)[C@@H]1C[C@H]2CC[C@H](N2)[C@@H]1F. The van der Waals surface area contributed by atoms with Crippen LogP contribution in [-0.2, 0) is 6.18 Å². The topological polar surface area (TPSA) is 104 Å². The van der Waals surface area contributed by atoms with Gasteiger partial charge in [0.2, 0.25) is 5.43 Å². The van der Waals surface area contributed by atoms with Crippen LogP contribution in [0.15, 0.2) is 33.8 Å². The Hall–Kier alpha value is -3.28. The third kappa shape index (κ3) is 3.67. The van der Waals surface area contributed by atoms with Gasteiger partial charge in [0.05, 0.1) is 23.2 Å². The van der Waals surface area contributed by atoms with Crippen molar-refractivity contribution in [2.75, 3.05) is 11.9 Å². The van der Waals surface area contributed by atoms with Crippen molar-refractivity contribution in [3.8, 4) is 17.1 Å². The van der Waals surface area contributed by atoms with E-state index in [1.54, 1.807) is 11.9 Å². The molecule has 2 aromatic heterocycles. The zero-order chi connectivity index (χ0) is 23.5. The number of aromatic hydroxyl groups is 1. The first-order valence-electron chi connectivity index (χ1n) is 10.3. The van der Waals surface area contributed by atoms with E-state index in [0.29, 0.717) is 18.5 Å². The standard InChI is InChI=1S/C21H19F4N5O3/c1-30(14-4-9-2-3-13(27-9)18(14)22)17-7-26-20(29-28-17)10-6-16-11(5-15(10)31)19(32)12(8-33-16)21(23,24)25/h5-9,13-14,18,27,31H,2-4H2,1H3/t9-,13+,14-,18+/m1/s1. The fourth-order valence-corrected chi connectivity index (χ4v) is 4.61. The van der Waals surface area contributed by atoms with Crippen molar-refractivity contribution in [1.29, 1.82) is 0 Å². The van der Waals surface area contributed by atoms with Crippen molar-refractivity contribution in [1.82, 2.24) is 20.5 Å². The van der Waals surface area contributed by atoms with Gasteiger partial charge in [-0.2, -0.15) is 13.2 Å². The summed E-state index contributed by atoms with van der Waals surface area (Å²) in [5.41, 5.74) is -2.92. The average molecular weight is 465 g/mol. The number of hydrogen-bond donors (Lipinski definition) is 2. The summed E-state index contributed by atoms with van der Waals surface area (Å²) in [6.07, 6.45) is -1.88. The van der Waals surface area contributed by atoms with Crippen molar-refractivity contribution in [3.63, 3.8) is 0 Å². The minimum absolute atomic E-state index is 0.0235. The maximum Gasteiger partial charge on any atom is 0.423 e. The fourth-order valence-electron chi connectivity index (χ4n) is 4.61. The molecule has 0 amide bonds. The Morgan fingerprint density at radius 1 is 1.24 bits per heavy atom. The Morgan fingerprint density at radius 3 is 2.73 bits per heavy atom. The maximum atomic E-state index is 14.8. The molecule has 5 rings (SSSR count). The zero-order valence-electron chi connectivity index (χ0n) is 17.3. The van der Waals surface area contributed by atoms with Crippen molar-refractivity contribution < 1.29 is 27.1 Å². The van der Waals surface area contributed by atoms with Gasteiger partial charge in [-0.1, -0.05) is 0 Å². The summed E-state index contributed by atoms with van der Waals surface area (Å²) in [7, 11) is 1.72. The number of fused-ring (bicyclic) bond motifs is 3. The highest BCUT2D eigenvalue weighted by Gasteiger charge is 2.44. The molecule has 2 bridgehead atoms. The van der Waals surface area contributed by atoms with E-state index in [4.69, 9.17) is 4.42 Å². The number of benzene rings is 1. The van der Waals surface area contributed by atoms with Crippen LogP contribution in [0.2, 0.25) is 0 Å². The van der Waals surface area contributed by atoms with Gasteiger partial charge >= 0.3 is 6.18 Å². The average Bonchev–Trinajstić information content (AvgIpc) is 3.19. The molecule has 0 radical (unpaired) electrons. The molecule has 3 aromatic rings. The number of nitrogens with zero attached hydrogens (tertiary/aromatic N) is 4. The predicted octanol–water partition coefficient (Wildman–Crippen LogP) is 3.04. The summed E-state index contributed by atoms with van der Waals surface area (Å²) in [5.74, 6) is -0.193. The molecule has 33 heavy (non-hydrogen) atoms. The summed E-state index contributed by atoms with van der Waals surface area (Å²) in [6.45, 7) is 0. The van der Waals surface area contributed by atoms with Gasteiger partial charge < -0.3 is 19.7 Å². The first-order chi connectivity index (χ1) is 15.6. The molecule has 2 N–H and O–H groups in total. The zero-order valence-corrected chi connectivity index (χ0v) is 17.3. The molecule has 1 aromatic carbocycles. The first kappa shape index (κ1) is 21.6.